The second-order valence-electron chi connectivity index (χ2n) is 7.65. The molecule has 0 spiro atoms. The molecule has 3 rings (SSSR count). The third kappa shape index (κ3) is 4.55. The Hall–Kier alpha value is -1.19. The Balaban J connectivity index is 1.49. The first kappa shape index (κ1) is 19.6. The zero-order valence-corrected chi connectivity index (χ0v) is 16.3. The van der Waals surface area contributed by atoms with Crippen molar-refractivity contribution in [2.75, 3.05) is 31.9 Å². The predicted octanol–water partition coefficient (Wildman–Crippen LogP) is -0.0574. The van der Waals surface area contributed by atoms with Gasteiger partial charge in [-0.3, -0.25) is 9.59 Å². The number of likely N-dealkylation sites (tertiary alicyclic amines) is 1. The smallest absolute Gasteiger partial charge is 0.242 e. The number of nitrogens with one attached hydrogen (secondary N) is 1. The van der Waals surface area contributed by atoms with E-state index in [0.717, 1.165) is 19.3 Å². The molecule has 8 nitrogen and oxygen atoms in total. The molecule has 0 bridgehead atoms. The van der Waals surface area contributed by atoms with Gasteiger partial charge in [0.1, 0.15) is 6.04 Å². The molecular weight excluding hydrogens is 358 g/mol. The van der Waals surface area contributed by atoms with Crippen LogP contribution in [0.1, 0.15) is 39.5 Å². The van der Waals surface area contributed by atoms with Gasteiger partial charge in [0.05, 0.1) is 18.0 Å². The molecule has 0 radical (unpaired) electrons. The first-order chi connectivity index (χ1) is 12.3. The number of hydrogen-bond acceptors (Lipinski definition) is 5. The number of rotatable bonds is 6. The van der Waals surface area contributed by atoms with Crippen LogP contribution >= 0.6 is 0 Å². The Bertz CT molecular complexity index is 639. The number of amides is 2. The summed E-state index contributed by atoms with van der Waals surface area (Å²) >= 11 is 0. The summed E-state index contributed by atoms with van der Waals surface area (Å²) in [6.07, 6.45) is 3.03. The zero-order valence-electron chi connectivity index (χ0n) is 15.5. The van der Waals surface area contributed by atoms with Crippen LogP contribution in [0.5, 0.6) is 0 Å². The van der Waals surface area contributed by atoms with Gasteiger partial charge < -0.3 is 15.0 Å². The molecule has 1 N–H and O–H groups in total. The van der Waals surface area contributed by atoms with Crippen LogP contribution in [0.3, 0.4) is 0 Å². The second-order valence-corrected chi connectivity index (χ2v) is 9.73. The van der Waals surface area contributed by atoms with E-state index in [9.17, 15) is 18.0 Å². The van der Waals surface area contributed by atoms with E-state index in [1.165, 1.54) is 4.31 Å². The van der Waals surface area contributed by atoms with Gasteiger partial charge in [-0.15, -0.1) is 0 Å². The lowest BCUT2D eigenvalue weighted by Crippen LogP contribution is -2.51. The Morgan fingerprint density at radius 3 is 2.38 bits per heavy atom. The van der Waals surface area contributed by atoms with Gasteiger partial charge in [0.2, 0.25) is 21.8 Å². The van der Waals surface area contributed by atoms with E-state index in [0.29, 0.717) is 26.1 Å². The monoisotopic (exact) mass is 387 g/mol. The molecule has 26 heavy (non-hydrogen) atoms. The topological polar surface area (TPSA) is 96.0 Å². The minimum absolute atomic E-state index is 0.0588. The predicted molar refractivity (Wildman–Crippen MR) is 95.8 cm³/mol. The van der Waals surface area contributed by atoms with Crippen molar-refractivity contribution in [1.82, 2.24) is 14.5 Å². The van der Waals surface area contributed by atoms with Crippen molar-refractivity contribution in [3.63, 3.8) is 0 Å². The van der Waals surface area contributed by atoms with E-state index in [2.05, 4.69) is 5.32 Å². The number of ether oxygens (including phenoxy) is 1. The summed E-state index contributed by atoms with van der Waals surface area (Å²) in [6, 6.07) is -0.450. The summed E-state index contributed by atoms with van der Waals surface area (Å²) < 4.78 is 32.0. The van der Waals surface area contributed by atoms with Gasteiger partial charge in [-0.05, 0) is 39.5 Å². The van der Waals surface area contributed by atoms with Crippen LogP contribution in [0.4, 0.5) is 0 Å². The summed E-state index contributed by atoms with van der Waals surface area (Å²) in [6.45, 7) is 5.06. The maximum atomic E-state index is 12.5. The minimum atomic E-state index is -3.44. The molecule has 2 heterocycles. The van der Waals surface area contributed by atoms with Crippen molar-refractivity contribution < 1.29 is 22.7 Å². The number of nitrogens with zero attached hydrogens (tertiary/aromatic N) is 2. The van der Waals surface area contributed by atoms with Gasteiger partial charge >= 0.3 is 0 Å². The van der Waals surface area contributed by atoms with Gasteiger partial charge in [0.25, 0.3) is 0 Å². The van der Waals surface area contributed by atoms with Crippen LogP contribution in [-0.2, 0) is 24.3 Å². The van der Waals surface area contributed by atoms with Gasteiger partial charge in [-0.1, -0.05) is 0 Å². The highest BCUT2D eigenvalue weighted by atomic mass is 32.2. The molecular formula is C17H29N3O5S. The van der Waals surface area contributed by atoms with E-state index in [-0.39, 0.29) is 42.2 Å². The fraction of sp³-hybridized carbons (Fsp3) is 0.882. The van der Waals surface area contributed by atoms with Gasteiger partial charge in [-0.25, -0.2) is 8.42 Å². The molecule has 0 aromatic heterocycles. The first-order valence-electron chi connectivity index (χ1n) is 9.49. The minimum Gasteiger partial charge on any atom is -0.373 e. The molecule has 3 unspecified atom stereocenters. The van der Waals surface area contributed by atoms with E-state index in [1.54, 1.807) is 4.90 Å². The normalized spacial score (nSPS) is 30.4. The van der Waals surface area contributed by atoms with E-state index in [1.807, 2.05) is 13.8 Å². The maximum Gasteiger partial charge on any atom is 0.242 e. The lowest BCUT2D eigenvalue weighted by molar-refractivity contribution is -0.139. The van der Waals surface area contributed by atoms with Crippen molar-refractivity contribution in [2.45, 2.75) is 57.8 Å². The fourth-order valence-electron chi connectivity index (χ4n) is 3.78. The lowest BCUT2D eigenvalue weighted by Gasteiger charge is -2.34. The van der Waals surface area contributed by atoms with Gasteiger partial charge in [-0.2, -0.15) is 4.31 Å². The number of sulfonamides is 1. The van der Waals surface area contributed by atoms with E-state index < -0.39 is 16.1 Å². The van der Waals surface area contributed by atoms with E-state index in [4.69, 9.17) is 4.74 Å². The molecule has 1 saturated carbocycles. The van der Waals surface area contributed by atoms with E-state index >= 15 is 0 Å². The van der Waals surface area contributed by atoms with Crippen LogP contribution in [0.2, 0.25) is 0 Å². The summed E-state index contributed by atoms with van der Waals surface area (Å²) in [4.78, 5) is 26.4. The quantitative estimate of drug-likeness (QED) is 0.689. The third-order valence-corrected chi connectivity index (χ3v) is 7.01. The number of hydrogen-bond donors (Lipinski definition) is 1. The van der Waals surface area contributed by atoms with Gasteiger partial charge in [0.15, 0.2) is 0 Å². The van der Waals surface area contributed by atoms with Crippen molar-refractivity contribution in [3.8, 4) is 0 Å². The molecule has 3 aliphatic rings. The molecule has 0 aromatic carbocycles. The van der Waals surface area contributed by atoms with Crippen LogP contribution in [-0.4, -0.2) is 79.6 Å². The van der Waals surface area contributed by atoms with Crippen LogP contribution in [0, 0.1) is 5.92 Å². The van der Waals surface area contributed by atoms with Gasteiger partial charge in [0, 0.05) is 32.1 Å². The highest BCUT2D eigenvalue weighted by Crippen LogP contribution is 2.33. The lowest BCUT2D eigenvalue weighted by atomic mass is 10.2. The van der Waals surface area contributed by atoms with Crippen molar-refractivity contribution in [2.24, 2.45) is 5.92 Å². The van der Waals surface area contributed by atoms with Crippen molar-refractivity contribution in [3.05, 3.63) is 0 Å². The maximum absolute atomic E-state index is 12.5. The third-order valence-electron chi connectivity index (χ3n) is 5.20. The average Bonchev–Trinajstić information content (AvgIpc) is 3.29. The molecule has 0 aromatic rings. The average molecular weight is 388 g/mol. The highest BCUT2D eigenvalue weighted by Gasteiger charge is 2.41. The summed E-state index contributed by atoms with van der Waals surface area (Å²) in [7, 11) is -3.44. The number of carbonyl (C=O) groups is 2. The SMILES string of the molecule is CC1CN(S(=O)(=O)CCNC(=O)C2CCCN2C(=O)C2CC2)CC(C)O1. The van der Waals surface area contributed by atoms with Crippen LogP contribution in [0.15, 0.2) is 0 Å². The second kappa shape index (κ2) is 7.82. The number of morpholine rings is 1. The van der Waals surface area contributed by atoms with Crippen molar-refractivity contribution >= 4 is 21.8 Å². The summed E-state index contributed by atoms with van der Waals surface area (Å²) in [5, 5.41) is 2.72. The standard InChI is InChI=1S/C17H29N3O5S/c1-12-10-19(11-13(2)25-12)26(23,24)9-7-18-16(21)15-4-3-8-20(15)17(22)14-5-6-14/h12-15H,3-11H2,1-2H3,(H,18,21). The van der Waals surface area contributed by atoms with Crippen molar-refractivity contribution in [1.29, 1.82) is 0 Å². The Morgan fingerprint density at radius 1 is 1.12 bits per heavy atom. The first-order valence-corrected chi connectivity index (χ1v) is 11.1. The van der Waals surface area contributed by atoms with Crippen LogP contribution in [0.25, 0.3) is 0 Å². The molecule has 2 saturated heterocycles. The highest BCUT2D eigenvalue weighted by molar-refractivity contribution is 7.89. The number of carbonyl (C=O) groups excluding carboxylic acids is 2. The fourth-order valence-corrected chi connectivity index (χ4v) is 5.27. The Kier molecular flexibility index (Phi) is 5.88. The molecule has 1 aliphatic carbocycles. The Morgan fingerprint density at radius 2 is 1.77 bits per heavy atom. The Labute approximate surface area is 155 Å². The molecule has 3 fully saturated rings. The molecule has 3 atom stereocenters. The molecule has 2 amide bonds. The molecule has 148 valence electrons. The summed E-state index contributed by atoms with van der Waals surface area (Å²) in [5.41, 5.74) is 0. The largest absolute Gasteiger partial charge is 0.373 e. The molecule has 9 heteroatoms. The summed E-state index contributed by atoms with van der Waals surface area (Å²) in [5.74, 6) is -0.211. The molecule has 2 aliphatic heterocycles. The van der Waals surface area contributed by atoms with Crippen LogP contribution < -0.4 is 5.32 Å². The zero-order chi connectivity index (χ0) is 18.9.